The molecule has 1 atom stereocenters. The number of hydrogen-bond donors (Lipinski definition) is 0. The quantitative estimate of drug-likeness (QED) is 0.783. The third-order valence-corrected chi connectivity index (χ3v) is 3.89. The standard InChI is InChI=1S/C15H22N2O4/c1-11-5-9-21-14(11)15(19)17-8-7-16(10-12(17)2)6-4-13(18)20-3/h5,9,12H,4,6-8,10H2,1-3H3. The lowest BCUT2D eigenvalue weighted by Crippen LogP contribution is -2.54. The zero-order valence-electron chi connectivity index (χ0n) is 12.8. The molecule has 1 amide bonds. The van der Waals surface area contributed by atoms with Crippen molar-refractivity contribution in [2.45, 2.75) is 26.3 Å². The van der Waals surface area contributed by atoms with Crippen LogP contribution in [-0.2, 0) is 9.53 Å². The number of furan rings is 1. The lowest BCUT2D eigenvalue weighted by molar-refractivity contribution is -0.141. The summed E-state index contributed by atoms with van der Waals surface area (Å²) in [6, 6.07) is 1.89. The molecule has 0 bridgehead atoms. The van der Waals surface area contributed by atoms with Crippen molar-refractivity contribution in [3.63, 3.8) is 0 Å². The molecule has 1 aliphatic heterocycles. The van der Waals surface area contributed by atoms with Crippen molar-refractivity contribution in [1.82, 2.24) is 9.80 Å². The van der Waals surface area contributed by atoms with Crippen LogP contribution in [0.5, 0.6) is 0 Å². The fourth-order valence-corrected chi connectivity index (χ4v) is 2.61. The number of rotatable bonds is 4. The van der Waals surface area contributed by atoms with E-state index in [1.165, 1.54) is 7.11 Å². The average Bonchev–Trinajstić information content (AvgIpc) is 2.90. The summed E-state index contributed by atoms with van der Waals surface area (Å²) >= 11 is 0. The second-order valence-corrected chi connectivity index (χ2v) is 5.41. The van der Waals surface area contributed by atoms with Gasteiger partial charge in [-0.15, -0.1) is 0 Å². The SMILES string of the molecule is COC(=O)CCN1CCN(C(=O)c2occc2C)C(C)C1. The first-order valence-electron chi connectivity index (χ1n) is 7.17. The molecule has 0 saturated carbocycles. The first-order chi connectivity index (χ1) is 10.0. The van der Waals surface area contributed by atoms with Gasteiger partial charge in [-0.05, 0) is 19.9 Å². The molecule has 116 valence electrons. The van der Waals surface area contributed by atoms with Crippen molar-refractivity contribution in [1.29, 1.82) is 0 Å². The van der Waals surface area contributed by atoms with Gasteiger partial charge in [-0.3, -0.25) is 14.5 Å². The van der Waals surface area contributed by atoms with Gasteiger partial charge >= 0.3 is 5.97 Å². The number of ether oxygens (including phenoxy) is 1. The monoisotopic (exact) mass is 294 g/mol. The van der Waals surface area contributed by atoms with Crippen LogP contribution in [0.25, 0.3) is 0 Å². The normalized spacial score (nSPS) is 19.6. The van der Waals surface area contributed by atoms with Crippen LogP contribution in [0.1, 0.15) is 29.5 Å². The maximum atomic E-state index is 12.5. The number of carbonyl (C=O) groups is 2. The first-order valence-corrected chi connectivity index (χ1v) is 7.17. The van der Waals surface area contributed by atoms with Gasteiger partial charge in [-0.2, -0.15) is 0 Å². The van der Waals surface area contributed by atoms with Gasteiger partial charge in [-0.1, -0.05) is 0 Å². The number of nitrogens with zero attached hydrogens (tertiary/aromatic N) is 2. The Bertz CT molecular complexity index is 512. The molecule has 0 N–H and O–H groups in total. The van der Waals surface area contributed by atoms with Crippen molar-refractivity contribution in [2.24, 2.45) is 0 Å². The molecule has 6 heteroatoms. The molecule has 1 aromatic heterocycles. The van der Waals surface area contributed by atoms with Gasteiger partial charge in [-0.25, -0.2) is 0 Å². The molecule has 21 heavy (non-hydrogen) atoms. The smallest absolute Gasteiger partial charge is 0.306 e. The Morgan fingerprint density at radius 1 is 1.43 bits per heavy atom. The topological polar surface area (TPSA) is 63.0 Å². The summed E-state index contributed by atoms with van der Waals surface area (Å²) in [7, 11) is 1.40. The molecule has 2 heterocycles. The number of carbonyl (C=O) groups excluding carboxylic acids is 2. The Morgan fingerprint density at radius 2 is 2.19 bits per heavy atom. The predicted molar refractivity (Wildman–Crippen MR) is 77.0 cm³/mol. The molecule has 2 rings (SSSR count). The Hall–Kier alpha value is -1.82. The van der Waals surface area contributed by atoms with Crippen LogP contribution in [-0.4, -0.2) is 61.0 Å². The van der Waals surface area contributed by atoms with E-state index in [-0.39, 0.29) is 17.9 Å². The van der Waals surface area contributed by atoms with E-state index in [0.29, 0.717) is 25.3 Å². The van der Waals surface area contributed by atoms with Gasteiger partial charge in [0.2, 0.25) is 0 Å². The van der Waals surface area contributed by atoms with Crippen LogP contribution in [0.2, 0.25) is 0 Å². The van der Waals surface area contributed by atoms with Crippen molar-refractivity contribution >= 4 is 11.9 Å². The molecular weight excluding hydrogens is 272 g/mol. The molecule has 1 aliphatic rings. The molecule has 1 aromatic rings. The molecule has 0 spiro atoms. The van der Waals surface area contributed by atoms with Gasteiger partial charge in [0.25, 0.3) is 5.91 Å². The second kappa shape index (κ2) is 6.76. The molecule has 0 radical (unpaired) electrons. The zero-order chi connectivity index (χ0) is 15.4. The number of aryl methyl sites for hydroxylation is 1. The van der Waals surface area contributed by atoms with E-state index in [4.69, 9.17) is 4.42 Å². The first kappa shape index (κ1) is 15.6. The molecule has 6 nitrogen and oxygen atoms in total. The van der Waals surface area contributed by atoms with E-state index in [0.717, 1.165) is 18.7 Å². The molecule has 1 saturated heterocycles. The lowest BCUT2D eigenvalue weighted by Gasteiger charge is -2.39. The summed E-state index contributed by atoms with van der Waals surface area (Å²) in [4.78, 5) is 27.6. The summed E-state index contributed by atoms with van der Waals surface area (Å²) in [5, 5.41) is 0. The lowest BCUT2D eigenvalue weighted by atomic mass is 10.1. The Labute approximate surface area is 124 Å². The number of hydrogen-bond acceptors (Lipinski definition) is 5. The number of esters is 1. The molecule has 1 unspecified atom stereocenters. The van der Waals surface area contributed by atoms with Crippen molar-refractivity contribution < 1.29 is 18.7 Å². The summed E-state index contributed by atoms with van der Waals surface area (Å²) in [6.45, 7) is 6.70. The highest BCUT2D eigenvalue weighted by atomic mass is 16.5. The summed E-state index contributed by atoms with van der Waals surface area (Å²) in [5.74, 6) is 0.162. The van der Waals surface area contributed by atoms with Crippen molar-refractivity contribution in [3.05, 3.63) is 23.7 Å². The summed E-state index contributed by atoms with van der Waals surface area (Å²) < 4.78 is 9.93. The van der Waals surface area contributed by atoms with Crippen LogP contribution < -0.4 is 0 Å². The van der Waals surface area contributed by atoms with E-state index in [1.54, 1.807) is 12.3 Å². The average molecular weight is 294 g/mol. The fraction of sp³-hybridized carbons (Fsp3) is 0.600. The highest BCUT2D eigenvalue weighted by Gasteiger charge is 2.30. The zero-order valence-corrected chi connectivity index (χ0v) is 12.8. The van der Waals surface area contributed by atoms with Gasteiger partial charge in [0.05, 0.1) is 19.8 Å². The van der Waals surface area contributed by atoms with E-state index in [1.807, 2.05) is 18.7 Å². The van der Waals surface area contributed by atoms with Crippen LogP contribution in [0.3, 0.4) is 0 Å². The third kappa shape index (κ3) is 3.64. The van der Waals surface area contributed by atoms with E-state index < -0.39 is 0 Å². The molecule has 0 aliphatic carbocycles. The molecule has 0 aromatic carbocycles. The van der Waals surface area contributed by atoms with E-state index in [9.17, 15) is 9.59 Å². The molecule has 1 fully saturated rings. The minimum absolute atomic E-state index is 0.0578. The second-order valence-electron chi connectivity index (χ2n) is 5.41. The van der Waals surface area contributed by atoms with Gasteiger partial charge < -0.3 is 14.1 Å². The minimum Gasteiger partial charge on any atom is -0.469 e. The van der Waals surface area contributed by atoms with Gasteiger partial charge in [0.15, 0.2) is 5.76 Å². The van der Waals surface area contributed by atoms with Crippen LogP contribution >= 0.6 is 0 Å². The van der Waals surface area contributed by atoms with Crippen molar-refractivity contribution in [2.75, 3.05) is 33.3 Å². The van der Waals surface area contributed by atoms with Gasteiger partial charge in [0.1, 0.15) is 0 Å². The van der Waals surface area contributed by atoms with Crippen LogP contribution in [0, 0.1) is 6.92 Å². The maximum Gasteiger partial charge on any atom is 0.306 e. The van der Waals surface area contributed by atoms with Crippen LogP contribution in [0.4, 0.5) is 0 Å². The Morgan fingerprint density at radius 3 is 2.76 bits per heavy atom. The van der Waals surface area contributed by atoms with Crippen molar-refractivity contribution in [3.8, 4) is 0 Å². The Kier molecular flexibility index (Phi) is 5.01. The maximum absolute atomic E-state index is 12.5. The highest BCUT2D eigenvalue weighted by Crippen LogP contribution is 2.17. The summed E-state index contributed by atoms with van der Waals surface area (Å²) in [5.41, 5.74) is 0.861. The molecular formula is C15H22N2O4. The number of piperazine rings is 1. The number of amides is 1. The van der Waals surface area contributed by atoms with Crippen LogP contribution in [0.15, 0.2) is 16.7 Å². The van der Waals surface area contributed by atoms with Gasteiger partial charge in [0, 0.05) is 37.8 Å². The Balaban J connectivity index is 1.91. The third-order valence-electron chi connectivity index (χ3n) is 3.89. The highest BCUT2D eigenvalue weighted by molar-refractivity contribution is 5.93. The summed E-state index contributed by atoms with van der Waals surface area (Å²) in [6.07, 6.45) is 1.92. The van der Waals surface area contributed by atoms with E-state index in [2.05, 4.69) is 9.64 Å². The minimum atomic E-state index is -0.202. The predicted octanol–water partition coefficient (Wildman–Crippen LogP) is 1.30. The largest absolute Gasteiger partial charge is 0.469 e. The number of methoxy groups -OCH3 is 1. The van der Waals surface area contributed by atoms with E-state index >= 15 is 0 Å². The fourth-order valence-electron chi connectivity index (χ4n) is 2.61.